The summed E-state index contributed by atoms with van der Waals surface area (Å²) in [5, 5.41) is 2.87. The van der Waals surface area contributed by atoms with Gasteiger partial charge in [-0.15, -0.1) is 0 Å². The summed E-state index contributed by atoms with van der Waals surface area (Å²) in [5.41, 5.74) is 3.23. The molecule has 3 rings (SSSR count). The number of carbonyl (C=O) groups is 2. The Hall–Kier alpha value is -2.70. The van der Waals surface area contributed by atoms with Crippen LogP contribution in [0.3, 0.4) is 0 Å². The van der Waals surface area contributed by atoms with Crippen LogP contribution in [0, 0.1) is 13.8 Å². The van der Waals surface area contributed by atoms with Crippen molar-refractivity contribution in [2.24, 2.45) is 0 Å². The third-order valence-corrected chi connectivity index (χ3v) is 4.30. The molecule has 0 saturated carbocycles. The Labute approximate surface area is 158 Å². The normalized spacial score (nSPS) is 17.8. The van der Waals surface area contributed by atoms with Gasteiger partial charge in [-0.25, -0.2) is 4.79 Å². The quantitative estimate of drug-likeness (QED) is 0.821. The van der Waals surface area contributed by atoms with E-state index in [9.17, 15) is 9.59 Å². The minimum Gasteiger partial charge on any atom is -0.445 e. The molecule has 1 N–H and O–H groups in total. The van der Waals surface area contributed by atoms with Crippen molar-refractivity contribution < 1.29 is 23.8 Å². The number of benzene rings is 2. The molecule has 0 aromatic heterocycles. The molecule has 1 heterocycles. The predicted octanol–water partition coefficient (Wildman–Crippen LogP) is 2.94. The topological polar surface area (TPSA) is 73.9 Å². The minimum atomic E-state index is -1.08. The summed E-state index contributed by atoms with van der Waals surface area (Å²) in [6.07, 6.45) is -1.90. The van der Waals surface area contributed by atoms with Crippen molar-refractivity contribution >= 4 is 17.6 Å². The van der Waals surface area contributed by atoms with Gasteiger partial charge in [-0.2, -0.15) is 0 Å². The molecule has 1 aliphatic heterocycles. The summed E-state index contributed by atoms with van der Waals surface area (Å²) in [6.45, 7) is 4.75. The number of aryl methyl sites for hydroxylation is 2. The third kappa shape index (κ3) is 4.93. The summed E-state index contributed by atoms with van der Waals surface area (Å²) in [7, 11) is 0. The summed E-state index contributed by atoms with van der Waals surface area (Å²) in [6, 6.07) is 14.7. The van der Waals surface area contributed by atoms with Gasteiger partial charge >= 0.3 is 5.97 Å². The van der Waals surface area contributed by atoms with Gasteiger partial charge in [-0.05, 0) is 31.0 Å². The predicted molar refractivity (Wildman–Crippen MR) is 100 cm³/mol. The van der Waals surface area contributed by atoms with Crippen LogP contribution in [0.1, 0.15) is 22.8 Å². The molecule has 0 radical (unpaired) electrons. The number of rotatable bonds is 5. The highest BCUT2D eigenvalue weighted by molar-refractivity contribution is 5.97. The number of anilines is 1. The molecular formula is C21H23NO5. The fourth-order valence-corrected chi connectivity index (χ4v) is 2.79. The zero-order valence-electron chi connectivity index (χ0n) is 15.4. The fraction of sp³-hybridized carbons (Fsp3) is 0.333. The first kappa shape index (κ1) is 19.1. The summed E-state index contributed by atoms with van der Waals surface area (Å²) in [5.74, 6) is -1.03. The highest BCUT2D eigenvalue weighted by Crippen LogP contribution is 2.23. The molecule has 1 amide bonds. The molecule has 1 aliphatic rings. The van der Waals surface area contributed by atoms with Crippen molar-refractivity contribution in [3.05, 3.63) is 65.2 Å². The van der Waals surface area contributed by atoms with E-state index in [1.54, 1.807) is 24.3 Å². The monoisotopic (exact) mass is 369 g/mol. The number of hydrogen-bond acceptors (Lipinski definition) is 5. The van der Waals surface area contributed by atoms with Gasteiger partial charge in [0, 0.05) is 11.3 Å². The Morgan fingerprint density at radius 1 is 1.11 bits per heavy atom. The van der Waals surface area contributed by atoms with E-state index in [0.29, 0.717) is 24.5 Å². The molecule has 0 unspecified atom stereocenters. The molecule has 0 bridgehead atoms. The van der Waals surface area contributed by atoms with Crippen LogP contribution < -0.4 is 5.32 Å². The van der Waals surface area contributed by atoms with Crippen molar-refractivity contribution in [2.45, 2.75) is 26.1 Å². The number of esters is 1. The van der Waals surface area contributed by atoms with Gasteiger partial charge in [0.1, 0.15) is 0 Å². The Morgan fingerprint density at radius 2 is 1.89 bits per heavy atom. The van der Waals surface area contributed by atoms with E-state index in [-0.39, 0.29) is 6.61 Å². The van der Waals surface area contributed by atoms with Gasteiger partial charge in [0.25, 0.3) is 5.91 Å². The first-order chi connectivity index (χ1) is 13.0. The zero-order valence-corrected chi connectivity index (χ0v) is 15.4. The van der Waals surface area contributed by atoms with Gasteiger partial charge in [-0.3, -0.25) is 4.79 Å². The smallest absolute Gasteiger partial charge is 0.338 e. The van der Waals surface area contributed by atoms with E-state index in [1.807, 2.05) is 38.1 Å². The SMILES string of the molecule is Cc1ccc(C)c(NC(=O)[C@H](OC(=O)[C@@H]2COCCO2)c2ccccc2)c1. The van der Waals surface area contributed by atoms with E-state index in [4.69, 9.17) is 14.2 Å². The highest BCUT2D eigenvalue weighted by atomic mass is 16.6. The Bertz CT molecular complexity index is 799. The number of nitrogens with one attached hydrogen (secondary N) is 1. The van der Waals surface area contributed by atoms with Crippen molar-refractivity contribution in [1.29, 1.82) is 0 Å². The van der Waals surface area contributed by atoms with Gasteiger partial charge in [-0.1, -0.05) is 42.5 Å². The number of carbonyl (C=O) groups excluding carboxylic acids is 2. The van der Waals surface area contributed by atoms with Crippen molar-refractivity contribution in [1.82, 2.24) is 0 Å². The van der Waals surface area contributed by atoms with Gasteiger partial charge in [0.05, 0.1) is 19.8 Å². The molecule has 1 fully saturated rings. The average Bonchev–Trinajstić information content (AvgIpc) is 2.70. The Kier molecular flexibility index (Phi) is 6.21. The lowest BCUT2D eigenvalue weighted by molar-refractivity contribution is -0.177. The van der Waals surface area contributed by atoms with Gasteiger partial charge in [0.15, 0.2) is 6.10 Å². The maximum absolute atomic E-state index is 12.9. The molecule has 6 nitrogen and oxygen atoms in total. The molecule has 2 atom stereocenters. The van der Waals surface area contributed by atoms with Crippen LogP contribution >= 0.6 is 0 Å². The van der Waals surface area contributed by atoms with Crippen LogP contribution in [0.15, 0.2) is 48.5 Å². The number of amides is 1. The van der Waals surface area contributed by atoms with Crippen molar-refractivity contribution in [3.63, 3.8) is 0 Å². The second kappa shape index (κ2) is 8.79. The standard InChI is InChI=1S/C21H23NO5/c1-14-8-9-15(2)17(12-14)22-20(23)19(16-6-4-3-5-7-16)27-21(24)18-13-25-10-11-26-18/h3-9,12,18-19H,10-11,13H2,1-2H3,(H,22,23)/t18-,19+/m0/s1. The number of ether oxygens (including phenoxy) is 3. The van der Waals surface area contributed by atoms with Crippen LogP contribution in [0.5, 0.6) is 0 Å². The molecular weight excluding hydrogens is 346 g/mol. The highest BCUT2D eigenvalue weighted by Gasteiger charge is 2.31. The van der Waals surface area contributed by atoms with Gasteiger partial charge in [0.2, 0.25) is 6.10 Å². The molecule has 0 spiro atoms. The van der Waals surface area contributed by atoms with E-state index in [1.165, 1.54) is 0 Å². The molecule has 6 heteroatoms. The molecule has 1 saturated heterocycles. The van der Waals surface area contributed by atoms with Crippen LogP contribution in [0.2, 0.25) is 0 Å². The summed E-state index contributed by atoms with van der Waals surface area (Å²) < 4.78 is 16.2. The third-order valence-electron chi connectivity index (χ3n) is 4.30. The lowest BCUT2D eigenvalue weighted by Gasteiger charge is -2.24. The molecule has 142 valence electrons. The summed E-state index contributed by atoms with van der Waals surface area (Å²) in [4.78, 5) is 25.4. The van der Waals surface area contributed by atoms with Crippen LogP contribution in [0.4, 0.5) is 5.69 Å². The van der Waals surface area contributed by atoms with Crippen molar-refractivity contribution in [3.8, 4) is 0 Å². The van der Waals surface area contributed by atoms with E-state index >= 15 is 0 Å². The lowest BCUT2D eigenvalue weighted by atomic mass is 10.1. The minimum absolute atomic E-state index is 0.124. The van der Waals surface area contributed by atoms with Gasteiger partial charge < -0.3 is 19.5 Å². The second-order valence-corrected chi connectivity index (χ2v) is 6.47. The molecule has 2 aromatic rings. The molecule has 0 aliphatic carbocycles. The lowest BCUT2D eigenvalue weighted by Crippen LogP contribution is -2.38. The van der Waals surface area contributed by atoms with Crippen LogP contribution in [-0.4, -0.2) is 37.8 Å². The maximum atomic E-state index is 12.9. The maximum Gasteiger partial charge on any atom is 0.338 e. The van der Waals surface area contributed by atoms with E-state index in [0.717, 1.165) is 11.1 Å². The Morgan fingerprint density at radius 3 is 2.59 bits per heavy atom. The number of hydrogen-bond donors (Lipinski definition) is 1. The van der Waals surface area contributed by atoms with E-state index < -0.39 is 24.1 Å². The van der Waals surface area contributed by atoms with E-state index in [2.05, 4.69) is 5.32 Å². The zero-order chi connectivity index (χ0) is 19.2. The molecule has 2 aromatic carbocycles. The summed E-state index contributed by atoms with van der Waals surface area (Å²) >= 11 is 0. The van der Waals surface area contributed by atoms with Crippen LogP contribution in [-0.2, 0) is 23.8 Å². The second-order valence-electron chi connectivity index (χ2n) is 6.47. The first-order valence-corrected chi connectivity index (χ1v) is 8.87. The average molecular weight is 369 g/mol. The van der Waals surface area contributed by atoms with Crippen LogP contribution in [0.25, 0.3) is 0 Å². The first-order valence-electron chi connectivity index (χ1n) is 8.87. The largest absolute Gasteiger partial charge is 0.445 e. The Balaban J connectivity index is 1.80. The fourth-order valence-electron chi connectivity index (χ4n) is 2.79. The van der Waals surface area contributed by atoms with Crippen molar-refractivity contribution in [2.75, 3.05) is 25.1 Å². The molecule has 27 heavy (non-hydrogen) atoms.